The highest BCUT2D eigenvalue weighted by Gasteiger charge is 2.20. The molecule has 1 aromatic carbocycles. The second-order valence-electron chi connectivity index (χ2n) is 5.07. The number of amides is 3. The third-order valence-corrected chi connectivity index (χ3v) is 3.87. The quantitative estimate of drug-likeness (QED) is 0.755. The normalized spacial score (nSPS) is 11.4. The number of nitrogens with zero attached hydrogens (tertiary/aromatic N) is 1. The highest BCUT2D eigenvalue weighted by Crippen LogP contribution is 2.16. The standard InChI is InChI=1S/C16H17N3O5S/c1-9(14(20)19-16(17)22)24-15(21)11-3-5-13(6-4-11)23-7-12-8-25-10(2)18-12/h3-6,8-9H,7H2,1-2H3,(H3,17,19,20,22)/t9-/m0/s1. The van der Waals surface area contributed by atoms with E-state index in [9.17, 15) is 14.4 Å². The molecule has 3 N–H and O–H groups in total. The maximum atomic E-state index is 12.0. The molecular weight excluding hydrogens is 346 g/mol. The van der Waals surface area contributed by atoms with Gasteiger partial charge in [-0.2, -0.15) is 0 Å². The number of urea groups is 1. The van der Waals surface area contributed by atoms with Crippen molar-refractivity contribution in [1.29, 1.82) is 0 Å². The lowest BCUT2D eigenvalue weighted by Crippen LogP contribution is -2.42. The number of esters is 1. The molecule has 0 bridgehead atoms. The Morgan fingerprint density at radius 3 is 2.52 bits per heavy atom. The molecule has 3 amide bonds. The number of imide groups is 1. The minimum absolute atomic E-state index is 0.246. The number of nitrogens with one attached hydrogen (secondary N) is 1. The number of benzene rings is 1. The van der Waals surface area contributed by atoms with Crippen molar-refractivity contribution in [3.63, 3.8) is 0 Å². The Kier molecular flexibility index (Phi) is 6.07. The van der Waals surface area contributed by atoms with Gasteiger partial charge in [-0.25, -0.2) is 14.6 Å². The second kappa shape index (κ2) is 8.25. The summed E-state index contributed by atoms with van der Waals surface area (Å²) in [5, 5.41) is 4.72. The number of ether oxygens (including phenoxy) is 2. The SMILES string of the molecule is Cc1nc(COc2ccc(C(=O)O[C@@H](C)C(=O)NC(N)=O)cc2)cs1. The Morgan fingerprint density at radius 2 is 1.96 bits per heavy atom. The first-order chi connectivity index (χ1) is 11.8. The van der Waals surface area contributed by atoms with Gasteiger partial charge in [0.2, 0.25) is 0 Å². The smallest absolute Gasteiger partial charge is 0.338 e. The van der Waals surface area contributed by atoms with Crippen LogP contribution in [0.2, 0.25) is 0 Å². The molecule has 8 nitrogen and oxygen atoms in total. The average molecular weight is 363 g/mol. The Hall–Kier alpha value is -2.94. The summed E-state index contributed by atoms with van der Waals surface area (Å²) in [5.74, 6) is -0.921. The number of thiazole rings is 1. The summed E-state index contributed by atoms with van der Waals surface area (Å²) in [6.45, 7) is 3.58. The van der Waals surface area contributed by atoms with Crippen LogP contribution in [0.4, 0.5) is 4.79 Å². The number of aromatic nitrogens is 1. The van der Waals surface area contributed by atoms with Crippen molar-refractivity contribution in [3.05, 3.63) is 45.9 Å². The van der Waals surface area contributed by atoms with E-state index in [1.54, 1.807) is 23.5 Å². The van der Waals surface area contributed by atoms with E-state index in [-0.39, 0.29) is 5.56 Å². The van der Waals surface area contributed by atoms with Crippen LogP contribution in [0.3, 0.4) is 0 Å². The maximum absolute atomic E-state index is 12.0. The van der Waals surface area contributed by atoms with Crippen LogP contribution in [-0.2, 0) is 16.1 Å². The molecule has 0 unspecified atom stereocenters. The van der Waals surface area contributed by atoms with Gasteiger partial charge in [0.15, 0.2) is 6.10 Å². The van der Waals surface area contributed by atoms with Crippen molar-refractivity contribution < 1.29 is 23.9 Å². The van der Waals surface area contributed by atoms with Gasteiger partial charge >= 0.3 is 12.0 Å². The molecule has 1 aromatic heterocycles. The first-order valence-corrected chi connectivity index (χ1v) is 8.18. The highest BCUT2D eigenvalue weighted by molar-refractivity contribution is 7.09. The lowest BCUT2D eigenvalue weighted by molar-refractivity contribution is -0.127. The Balaban J connectivity index is 1.89. The van der Waals surface area contributed by atoms with Crippen LogP contribution in [0.1, 0.15) is 28.0 Å². The lowest BCUT2D eigenvalue weighted by atomic mass is 10.2. The molecule has 2 rings (SSSR count). The van der Waals surface area contributed by atoms with Gasteiger partial charge in [0.1, 0.15) is 12.4 Å². The molecule has 0 spiro atoms. The fraction of sp³-hybridized carbons (Fsp3) is 0.250. The number of nitrogens with two attached hydrogens (primary N) is 1. The fourth-order valence-corrected chi connectivity index (χ4v) is 2.42. The van der Waals surface area contributed by atoms with Crippen LogP contribution in [0.15, 0.2) is 29.6 Å². The second-order valence-corrected chi connectivity index (χ2v) is 6.13. The highest BCUT2D eigenvalue weighted by atomic mass is 32.1. The monoisotopic (exact) mass is 363 g/mol. The Labute approximate surface area is 148 Å². The summed E-state index contributed by atoms with van der Waals surface area (Å²) in [7, 11) is 0. The molecule has 9 heteroatoms. The van der Waals surface area contributed by atoms with E-state index >= 15 is 0 Å². The van der Waals surface area contributed by atoms with Gasteiger partial charge in [-0.1, -0.05) is 0 Å². The van der Waals surface area contributed by atoms with E-state index in [0.29, 0.717) is 12.4 Å². The van der Waals surface area contributed by atoms with Gasteiger partial charge in [-0.05, 0) is 38.1 Å². The largest absolute Gasteiger partial charge is 0.487 e. The molecule has 0 saturated carbocycles. The molecule has 0 radical (unpaired) electrons. The van der Waals surface area contributed by atoms with E-state index in [1.807, 2.05) is 17.6 Å². The van der Waals surface area contributed by atoms with Crippen molar-refractivity contribution in [2.24, 2.45) is 5.73 Å². The number of carbonyl (C=O) groups is 3. The van der Waals surface area contributed by atoms with E-state index in [1.165, 1.54) is 19.1 Å². The topological polar surface area (TPSA) is 121 Å². The Bertz CT molecular complexity index is 772. The predicted molar refractivity (Wildman–Crippen MR) is 90.2 cm³/mol. The number of carbonyl (C=O) groups excluding carboxylic acids is 3. The third-order valence-electron chi connectivity index (χ3n) is 3.04. The number of primary amides is 1. The average Bonchev–Trinajstić information content (AvgIpc) is 2.98. The molecular formula is C16H17N3O5S. The van der Waals surface area contributed by atoms with Crippen LogP contribution < -0.4 is 15.8 Å². The minimum atomic E-state index is -1.15. The van der Waals surface area contributed by atoms with Gasteiger partial charge in [-0.15, -0.1) is 11.3 Å². The van der Waals surface area contributed by atoms with E-state index < -0.39 is 24.0 Å². The number of rotatable bonds is 6. The van der Waals surface area contributed by atoms with E-state index in [4.69, 9.17) is 15.2 Å². The first kappa shape index (κ1) is 18.4. The van der Waals surface area contributed by atoms with Gasteiger partial charge in [0, 0.05) is 5.38 Å². The van der Waals surface area contributed by atoms with Crippen molar-refractivity contribution in [2.75, 3.05) is 0 Å². The lowest BCUT2D eigenvalue weighted by Gasteiger charge is -2.12. The third kappa shape index (κ3) is 5.57. The van der Waals surface area contributed by atoms with Crippen LogP contribution in [-0.4, -0.2) is 29.0 Å². The number of aryl methyl sites for hydroxylation is 1. The molecule has 25 heavy (non-hydrogen) atoms. The molecule has 2 aromatic rings. The van der Waals surface area contributed by atoms with Crippen LogP contribution in [0.25, 0.3) is 0 Å². The molecule has 0 fully saturated rings. The number of hydrogen-bond donors (Lipinski definition) is 2. The molecule has 0 saturated heterocycles. The summed E-state index contributed by atoms with van der Waals surface area (Å²) in [5.41, 5.74) is 5.91. The zero-order valence-corrected chi connectivity index (χ0v) is 14.5. The van der Waals surface area contributed by atoms with Crippen LogP contribution >= 0.6 is 11.3 Å². The van der Waals surface area contributed by atoms with Crippen LogP contribution in [0, 0.1) is 6.92 Å². The molecule has 0 aliphatic rings. The molecule has 1 heterocycles. The first-order valence-electron chi connectivity index (χ1n) is 7.30. The summed E-state index contributed by atoms with van der Waals surface area (Å²) in [6, 6.07) is 5.25. The van der Waals surface area contributed by atoms with Crippen molar-refractivity contribution >= 4 is 29.2 Å². The number of hydrogen-bond acceptors (Lipinski definition) is 7. The van der Waals surface area contributed by atoms with Gasteiger partial charge < -0.3 is 15.2 Å². The van der Waals surface area contributed by atoms with E-state index in [0.717, 1.165) is 10.7 Å². The molecule has 132 valence electrons. The molecule has 0 aliphatic heterocycles. The summed E-state index contributed by atoms with van der Waals surface area (Å²) >= 11 is 1.54. The summed E-state index contributed by atoms with van der Waals surface area (Å²) in [4.78, 5) is 38.3. The van der Waals surface area contributed by atoms with Crippen LogP contribution in [0.5, 0.6) is 5.75 Å². The Morgan fingerprint density at radius 1 is 1.28 bits per heavy atom. The molecule has 0 aliphatic carbocycles. The van der Waals surface area contributed by atoms with Gasteiger partial charge in [-0.3, -0.25) is 10.1 Å². The van der Waals surface area contributed by atoms with Gasteiger partial charge in [0.05, 0.1) is 16.3 Å². The predicted octanol–water partition coefficient (Wildman–Crippen LogP) is 1.77. The minimum Gasteiger partial charge on any atom is -0.487 e. The van der Waals surface area contributed by atoms with Crippen molar-refractivity contribution in [3.8, 4) is 5.75 Å². The maximum Gasteiger partial charge on any atom is 0.338 e. The molecule has 1 atom stereocenters. The van der Waals surface area contributed by atoms with Gasteiger partial charge in [0.25, 0.3) is 5.91 Å². The van der Waals surface area contributed by atoms with Crippen molar-refractivity contribution in [2.45, 2.75) is 26.6 Å². The summed E-state index contributed by atoms with van der Waals surface area (Å²) in [6.07, 6.45) is -1.15. The zero-order valence-electron chi connectivity index (χ0n) is 13.6. The van der Waals surface area contributed by atoms with Crippen molar-refractivity contribution in [1.82, 2.24) is 10.3 Å². The zero-order chi connectivity index (χ0) is 18.4. The fourth-order valence-electron chi connectivity index (χ4n) is 1.82. The van der Waals surface area contributed by atoms with E-state index in [2.05, 4.69) is 4.98 Å². The summed E-state index contributed by atoms with van der Waals surface area (Å²) < 4.78 is 10.5.